The molecular formula is C24H24FN5O2S2. The van der Waals surface area contributed by atoms with E-state index in [1.165, 1.54) is 65.0 Å². The molecule has 7 nitrogen and oxygen atoms in total. The number of nitrogens with zero attached hydrogens (tertiary/aromatic N) is 4. The Kier molecular flexibility index (Phi) is 6.51. The van der Waals surface area contributed by atoms with Crippen LogP contribution in [-0.4, -0.2) is 25.7 Å². The number of hydrogen-bond acceptors (Lipinski definition) is 7. The minimum absolute atomic E-state index is 0.298. The molecule has 0 bridgehead atoms. The number of halogens is 1. The quantitative estimate of drug-likeness (QED) is 0.366. The standard InChI is InChI=1S/C24H24FN5O2S2/c1-2-18(20(31)27-24-29-28-21(34-24)15-6-4-3-5-7-15)30-13-26-22-19(23(30)32)17(12-33-22)14-8-10-16(25)11-9-14/h8-13,15,18H,2-7H2,1H3,(H,27,29,31). The highest BCUT2D eigenvalue weighted by Gasteiger charge is 2.25. The second-order valence-electron chi connectivity index (χ2n) is 8.49. The van der Waals surface area contributed by atoms with Crippen LogP contribution in [0.25, 0.3) is 21.3 Å². The fourth-order valence-electron chi connectivity index (χ4n) is 4.51. The zero-order valence-electron chi connectivity index (χ0n) is 18.7. The molecule has 1 aliphatic rings. The summed E-state index contributed by atoms with van der Waals surface area (Å²) in [5.74, 6) is -0.253. The number of thiophene rings is 1. The van der Waals surface area contributed by atoms with E-state index in [9.17, 15) is 14.0 Å². The maximum absolute atomic E-state index is 13.5. The van der Waals surface area contributed by atoms with Gasteiger partial charge >= 0.3 is 0 Å². The van der Waals surface area contributed by atoms with Gasteiger partial charge in [-0.05, 0) is 37.0 Å². The molecule has 0 radical (unpaired) electrons. The summed E-state index contributed by atoms with van der Waals surface area (Å²) < 4.78 is 14.8. The van der Waals surface area contributed by atoms with Crippen molar-refractivity contribution in [1.29, 1.82) is 0 Å². The average molecular weight is 498 g/mol. The number of benzene rings is 1. The van der Waals surface area contributed by atoms with Crippen molar-refractivity contribution in [3.05, 3.63) is 57.2 Å². The molecular weight excluding hydrogens is 473 g/mol. The lowest BCUT2D eigenvalue weighted by Gasteiger charge is -2.18. The number of amides is 1. The van der Waals surface area contributed by atoms with E-state index in [-0.39, 0.29) is 17.3 Å². The van der Waals surface area contributed by atoms with E-state index in [0.717, 1.165) is 23.4 Å². The monoisotopic (exact) mass is 497 g/mol. The van der Waals surface area contributed by atoms with Gasteiger partial charge in [0.05, 0.1) is 11.7 Å². The van der Waals surface area contributed by atoms with Crippen molar-refractivity contribution in [2.75, 3.05) is 5.32 Å². The Balaban J connectivity index is 1.42. The minimum atomic E-state index is -0.743. The van der Waals surface area contributed by atoms with Crippen molar-refractivity contribution in [3.63, 3.8) is 0 Å². The number of rotatable bonds is 6. The summed E-state index contributed by atoms with van der Waals surface area (Å²) in [5.41, 5.74) is 1.11. The SMILES string of the molecule is CCC(C(=O)Nc1nnc(C2CCCCC2)s1)n1cnc2scc(-c3ccc(F)cc3)c2c1=O. The molecule has 0 aliphatic heterocycles. The molecule has 1 aromatic carbocycles. The molecule has 1 aliphatic carbocycles. The predicted octanol–water partition coefficient (Wildman–Crippen LogP) is 5.75. The summed E-state index contributed by atoms with van der Waals surface area (Å²) in [5, 5.41) is 15.0. The van der Waals surface area contributed by atoms with E-state index in [4.69, 9.17) is 0 Å². The first-order valence-electron chi connectivity index (χ1n) is 11.4. The number of anilines is 1. The largest absolute Gasteiger partial charge is 0.299 e. The predicted molar refractivity (Wildman–Crippen MR) is 133 cm³/mol. The first kappa shape index (κ1) is 22.8. The van der Waals surface area contributed by atoms with Crippen LogP contribution in [-0.2, 0) is 4.79 Å². The van der Waals surface area contributed by atoms with E-state index in [0.29, 0.717) is 33.3 Å². The minimum Gasteiger partial charge on any atom is -0.299 e. The van der Waals surface area contributed by atoms with E-state index < -0.39 is 6.04 Å². The van der Waals surface area contributed by atoms with Crippen LogP contribution >= 0.6 is 22.7 Å². The number of hydrogen-bond donors (Lipinski definition) is 1. The molecule has 3 aromatic heterocycles. The number of carbonyl (C=O) groups excluding carboxylic acids is 1. The molecule has 176 valence electrons. The smallest absolute Gasteiger partial charge is 0.263 e. The molecule has 1 atom stereocenters. The summed E-state index contributed by atoms with van der Waals surface area (Å²) in [6.45, 7) is 1.85. The van der Waals surface area contributed by atoms with Crippen LogP contribution in [0, 0.1) is 5.82 Å². The molecule has 34 heavy (non-hydrogen) atoms. The highest BCUT2D eigenvalue weighted by atomic mass is 32.1. The number of nitrogens with one attached hydrogen (secondary N) is 1. The third kappa shape index (κ3) is 4.39. The van der Waals surface area contributed by atoms with Gasteiger partial charge < -0.3 is 0 Å². The maximum atomic E-state index is 13.5. The van der Waals surface area contributed by atoms with Crippen molar-refractivity contribution in [3.8, 4) is 11.1 Å². The van der Waals surface area contributed by atoms with E-state index in [2.05, 4.69) is 20.5 Å². The van der Waals surface area contributed by atoms with Crippen LogP contribution in [0.15, 0.2) is 40.8 Å². The van der Waals surface area contributed by atoms with Crippen molar-refractivity contribution >= 4 is 43.9 Å². The number of aromatic nitrogens is 4. The lowest BCUT2D eigenvalue weighted by atomic mass is 9.90. The third-order valence-electron chi connectivity index (χ3n) is 6.32. The number of fused-ring (bicyclic) bond motifs is 1. The molecule has 1 unspecified atom stereocenters. The molecule has 4 aromatic rings. The Morgan fingerprint density at radius 2 is 1.97 bits per heavy atom. The van der Waals surface area contributed by atoms with E-state index in [1.807, 2.05) is 12.3 Å². The van der Waals surface area contributed by atoms with Gasteiger partial charge in [0.2, 0.25) is 11.0 Å². The molecule has 5 rings (SSSR count). The first-order chi connectivity index (χ1) is 16.5. The zero-order valence-corrected chi connectivity index (χ0v) is 20.3. The fourth-order valence-corrected chi connectivity index (χ4v) is 6.33. The zero-order chi connectivity index (χ0) is 23.7. The van der Waals surface area contributed by atoms with Crippen molar-refractivity contribution in [1.82, 2.24) is 19.7 Å². The fraction of sp³-hybridized carbons (Fsp3) is 0.375. The molecule has 1 saturated carbocycles. The van der Waals surface area contributed by atoms with Gasteiger partial charge in [-0.25, -0.2) is 9.37 Å². The highest BCUT2D eigenvalue weighted by molar-refractivity contribution is 7.17. The normalized spacial score (nSPS) is 15.5. The van der Waals surface area contributed by atoms with Crippen LogP contribution < -0.4 is 10.9 Å². The van der Waals surface area contributed by atoms with Crippen LogP contribution in [0.4, 0.5) is 9.52 Å². The molecule has 1 fully saturated rings. The molecule has 0 spiro atoms. The highest BCUT2D eigenvalue weighted by Crippen LogP contribution is 2.35. The summed E-state index contributed by atoms with van der Waals surface area (Å²) >= 11 is 2.76. The lowest BCUT2D eigenvalue weighted by molar-refractivity contribution is -0.119. The second kappa shape index (κ2) is 9.71. The average Bonchev–Trinajstić information content (AvgIpc) is 3.50. The van der Waals surface area contributed by atoms with Gasteiger partial charge in [0.15, 0.2) is 0 Å². The van der Waals surface area contributed by atoms with E-state index in [1.54, 1.807) is 12.1 Å². The Bertz CT molecular complexity index is 1370. The lowest BCUT2D eigenvalue weighted by Crippen LogP contribution is -2.33. The molecule has 3 heterocycles. The van der Waals surface area contributed by atoms with Crippen molar-refractivity contribution in [2.24, 2.45) is 0 Å². The maximum Gasteiger partial charge on any atom is 0.263 e. The second-order valence-corrected chi connectivity index (χ2v) is 10.4. The van der Waals surface area contributed by atoms with Gasteiger partial charge in [-0.3, -0.25) is 19.5 Å². The molecule has 0 saturated heterocycles. The van der Waals surface area contributed by atoms with Crippen LogP contribution in [0.5, 0.6) is 0 Å². The first-order valence-corrected chi connectivity index (χ1v) is 13.1. The van der Waals surface area contributed by atoms with Crippen molar-refractivity contribution in [2.45, 2.75) is 57.4 Å². The van der Waals surface area contributed by atoms with Crippen LogP contribution in [0.1, 0.15) is 62.4 Å². The third-order valence-corrected chi connectivity index (χ3v) is 8.21. The van der Waals surface area contributed by atoms with Gasteiger partial charge in [0, 0.05) is 16.9 Å². The Labute approximate surface area is 203 Å². The topological polar surface area (TPSA) is 89.8 Å². The number of carbonyl (C=O) groups is 1. The molecule has 1 amide bonds. The molecule has 1 N–H and O–H groups in total. The summed E-state index contributed by atoms with van der Waals surface area (Å²) in [4.78, 5) is 31.6. The van der Waals surface area contributed by atoms with Crippen LogP contribution in [0.2, 0.25) is 0 Å². The van der Waals surface area contributed by atoms with Gasteiger partial charge in [-0.1, -0.05) is 49.7 Å². The Morgan fingerprint density at radius 3 is 2.71 bits per heavy atom. The Hall–Kier alpha value is -2.98. The molecule has 10 heteroatoms. The van der Waals surface area contributed by atoms with Gasteiger partial charge in [0.25, 0.3) is 5.56 Å². The van der Waals surface area contributed by atoms with Gasteiger partial charge in [-0.2, -0.15) is 0 Å². The summed E-state index contributed by atoms with van der Waals surface area (Å²) in [7, 11) is 0. The summed E-state index contributed by atoms with van der Waals surface area (Å²) in [6, 6.07) is 5.25. The van der Waals surface area contributed by atoms with Crippen LogP contribution in [0.3, 0.4) is 0 Å². The Morgan fingerprint density at radius 1 is 1.21 bits per heavy atom. The van der Waals surface area contributed by atoms with Gasteiger partial charge in [0.1, 0.15) is 21.7 Å². The van der Waals surface area contributed by atoms with Crippen molar-refractivity contribution < 1.29 is 9.18 Å². The van der Waals surface area contributed by atoms with E-state index >= 15 is 0 Å². The van der Waals surface area contributed by atoms with Gasteiger partial charge in [-0.15, -0.1) is 21.5 Å². The summed E-state index contributed by atoms with van der Waals surface area (Å²) in [6.07, 6.45) is 7.71.